The molecule has 1 aliphatic carbocycles. The summed E-state index contributed by atoms with van der Waals surface area (Å²) in [5.41, 5.74) is 0.736. The Kier molecular flexibility index (Phi) is 5.44. The summed E-state index contributed by atoms with van der Waals surface area (Å²) in [4.78, 5) is 12.2. The van der Waals surface area contributed by atoms with Gasteiger partial charge in [-0.3, -0.25) is 4.79 Å². The van der Waals surface area contributed by atoms with Gasteiger partial charge in [0.1, 0.15) is 11.9 Å². The van der Waals surface area contributed by atoms with Crippen LogP contribution in [0.4, 0.5) is 0 Å². The second-order valence-corrected chi connectivity index (χ2v) is 5.88. The highest BCUT2D eigenvalue weighted by Gasteiger charge is 2.27. The number of aliphatic hydroxyl groups is 1. The van der Waals surface area contributed by atoms with Crippen molar-refractivity contribution in [3.63, 3.8) is 0 Å². The third kappa shape index (κ3) is 3.74. The minimum Gasteiger partial charge on any atom is -0.496 e. The molecule has 1 atom stereocenters. The first-order chi connectivity index (χ1) is 9.61. The number of hydrogen-bond acceptors (Lipinski definition) is 3. The maximum Gasteiger partial charge on any atom is 0.166 e. The first-order valence-corrected chi connectivity index (χ1v) is 7.53. The molecule has 0 radical (unpaired) electrons. The smallest absolute Gasteiger partial charge is 0.166 e. The lowest BCUT2D eigenvalue weighted by Gasteiger charge is -2.25. The molecule has 1 saturated carbocycles. The molecule has 0 heterocycles. The fourth-order valence-corrected chi connectivity index (χ4v) is 3.09. The van der Waals surface area contributed by atoms with Crippen LogP contribution in [0.25, 0.3) is 0 Å². The molecule has 0 saturated heterocycles. The molecule has 1 unspecified atom stereocenters. The van der Waals surface area contributed by atoms with Crippen LogP contribution in [0.3, 0.4) is 0 Å². The molecule has 0 aliphatic heterocycles. The van der Waals surface area contributed by atoms with E-state index in [1.807, 2.05) is 0 Å². The zero-order valence-electron chi connectivity index (χ0n) is 11.8. The highest BCUT2D eigenvalue weighted by molar-refractivity contribution is 6.30. The van der Waals surface area contributed by atoms with Gasteiger partial charge in [0.05, 0.1) is 7.11 Å². The second kappa shape index (κ2) is 7.09. The van der Waals surface area contributed by atoms with Crippen molar-refractivity contribution >= 4 is 17.4 Å². The van der Waals surface area contributed by atoms with E-state index < -0.39 is 6.10 Å². The summed E-state index contributed by atoms with van der Waals surface area (Å²) >= 11 is 5.96. The van der Waals surface area contributed by atoms with Crippen LogP contribution >= 0.6 is 11.6 Å². The van der Waals surface area contributed by atoms with E-state index in [0.29, 0.717) is 10.8 Å². The van der Waals surface area contributed by atoms with Gasteiger partial charge in [-0.25, -0.2) is 0 Å². The van der Waals surface area contributed by atoms with E-state index >= 15 is 0 Å². The number of Topliss-reactive ketones (excluding diaryl/α,β-unsaturated/α-hetero) is 1. The maximum absolute atomic E-state index is 12.2. The number of ketones is 1. The summed E-state index contributed by atoms with van der Waals surface area (Å²) in [7, 11) is 1.56. The molecule has 0 spiro atoms. The van der Waals surface area contributed by atoms with Gasteiger partial charge in [0.2, 0.25) is 0 Å². The molecule has 1 N–H and O–H groups in total. The Labute approximate surface area is 124 Å². The lowest BCUT2D eigenvalue weighted by atomic mass is 9.83. The Balaban J connectivity index is 2.05. The molecule has 4 heteroatoms. The minimum atomic E-state index is -0.862. The average Bonchev–Trinajstić information content (AvgIpc) is 2.47. The van der Waals surface area contributed by atoms with Gasteiger partial charge in [0.15, 0.2) is 5.78 Å². The normalized spacial score (nSPS) is 17.8. The van der Waals surface area contributed by atoms with Gasteiger partial charge in [-0.15, -0.1) is 0 Å². The Hall–Kier alpha value is -1.06. The van der Waals surface area contributed by atoms with E-state index in [-0.39, 0.29) is 18.1 Å². The number of aliphatic hydroxyl groups excluding tert-OH is 1. The zero-order valence-corrected chi connectivity index (χ0v) is 12.5. The van der Waals surface area contributed by atoms with Crippen molar-refractivity contribution in [2.75, 3.05) is 7.11 Å². The van der Waals surface area contributed by atoms with Gasteiger partial charge >= 0.3 is 0 Å². The van der Waals surface area contributed by atoms with Gasteiger partial charge in [-0.1, -0.05) is 30.9 Å². The molecule has 1 aromatic carbocycles. The molecule has 1 aromatic rings. The van der Waals surface area contributed by atoms with Gasteiger partial charge in [0.25, 0.3) is 0 Å². The molecular weight excluding hydrogens is 276 g/mol. The Morgan fingerprint density at radius 3 is 2.75 bits per heavy atom. The standard InChI is InChI=1S/C16H21ClO3/c1-20-15-8-7-13(17)9-12(15)10-14(18)16(19)11-5-3-2-4-6-11/h7-9,11,16,19H,2-6,10H2,1H3. The lowest BCUT2D eigenvalue weighted by molar-refractivity contribution is -0.129. The van der Waals surface area contributed by atoms with E-state index in [2.05, 4.69) is 0 Å². The van der Waals surface area contributed by atoms with Crippen LogP contribution in [0, 0.1) is 5.92 Å². The van der Waals surface area contributed by atoms with Gasteiger partial charge in [0, 0.05) is 17.0 Å². The maximum atomic E-state index is 12.2. The third-order valence-corrected chi connectivity index (χ3v) is 4.27. The van der Waals surface area contributed by atoms with Crippen molar-refractivity contribution in [2.45, 2.75) is 44.6 Å². The van der Waals surface area contributed by atoms with Crippen LogP contribution in [0.5, 0.6) is 5.75 Å². The monoisotopic (exact) mass is 296 g/mol. The van der Waals surface area contributed by atoms with E-state index in [1.54, 1.807) is 25.3 Å². The van der Waals surface area contributed by atoms with E-state index in [9.17, 15) is 9.90 Å². The molecule has 110 valence electrons. The van der Waals surface area contributed by atoms with E-state index in [0.717, 1.165) is 31.2 Å². The molecule has 0 amide bonds. The fraction of sp³-hybridized carbons (Fsp3) is 0.562. The van der Waals surface area contributed by atoms with Gasteiger partial charge in [-0.2, -0.15) is 0 Å². The van der Waals surface area contributed by atoms with Crippen LogP contribution in [-0.4, -0.2) is 24.1 Å². The summed E-state index contributed by atoms with van der Waals surface area (Å²) in [6.45, 7) is 0. The SMILES string of the molecule is COc1ccc(Cl)cc1CC(=O)C(O)C1CCCCC1. The van der Waals surface area contributed by atoms with Crippen molar-refractivity contribution in [1.82, 2.24) is 0 Å². The molecule has 0 aromatic heterocycles. The largest absolute Gasteiger partial charge is 0.496 e. The third-order valence-electron chi connectivity index (χ3n) is 4.03. The molecular formula is C16H21ClO3. The summed E-state index contributed by atoms with van der Waals surface area (Å²) < 4.78 is 5.23. The van der Waals surface area contributed by atoms with Crippen LogP contribution in [0.2, 0.25) is 5.02 Å². The molecule has 1 aliphatic rings. The number of methoxy groups -OCH3 is 1. The van der Waals surface area contributed by atoms with Crippen molar-refractivity contribution in [2.24, 2.45) is 5.92 Å². The van der Waals surface area contributed by atoms with Crippen molar-refractivity contribution < 1.29 is 14.6 Å². The first-order valence-electron chi connectivity index (χ1n) is 7.15. The zero-order chi connectivity index (χ0) is 14.5. The quantitative estimate of drug-likeness (QED) is 0.906. The van der Waals surface area contributed by atoms with Gasteiger partial charge < -0.3 is 9.84 Å². The van der Waals surface area contributed by atoms with Crippen molar-refractivity contribution in [1.29, 1.82) is 0 Å². The number of carbonyl (C=O) groups is 1. The number of hydrogen-bond donors (Lipinski definition) is 1. The first kappa shape index (κ1) is 15.3. The summed E-state index contributed by atoms with van der Waals surface area (Å²) in [5.74, 6) is 0.609. The minimum absolute atomic E-state index is 0.112. The van der Waals surface area contributed by atoms with Gasteiger partial charge in [-0.05, 0) is 37.0 Å². The topological polar surface area (TPSA) is 46.5 Å². The van der Waals surface area contributed by atoms with Crippen molar-refractivity contribution in [3.05, 3.63) is 28.8 Å². The fourth-order valence-electron chi connectivity index (χ4n) is 2.89. The number of halogens is 1. The Morgan fingerprint density at radius 1 is 1.40 bits per heavy atom. The van der Waals surface area contributed by atoms with E-state index in [4.69, 9.17) is 16.3 Å². The van der Waals surface area contributed by atoms with Crippen LogP contribution < -0.4 is 4.74 Å². The Morgan fingerprint density at radius 2 is 2.10 bits per heavy atom. The molecule has 2 rings (SSSR count). The van der Waals surface area contributed by atoms with E-state index in [1.165, 1.54) is 6.42 Å². The number of rotatable bonds is 5. The lowest BCUT2D eigenvalue weighted by Crippen LogP contribution is -2.32. The predicted molar refractivity (Wildman–Crippen MR) is 79.3 cm³/mol. The molecule has 1 fully saturated rings. The summed E-state index contributed by atoms with van der Waals surface area (Å²) in [6.07, 6.45) is 4.62. The van der Waals surface area contributed by atoms with Crippen LogP contribution in [0.15, 0.2) is 18.2 Å². The molecule has 20 heavy (non-hydrogen) atoms. The molecule has 0 bridgehead atoms. The second-order valence-electron chi connectivity index (χ2n) is 5.44. The van der Waals surface area contributed by atoms with Crippen LogP contribution in [0.1, 0.15) is 37.7 Å². The highest BCUT2D eigenvalue weighted by Crippen LogP contribution is 2.29. The Bertz CT molecular complexity index is 467. The molecule has 3 nitrogen and oxygen atoms in total. The number of benzene rings is 1. The summed E-state index contributed by atoms with van der Waals surface area (Å²) in [5, 5.41) is 10.8. The van der Waals surface area contributed by atoms with Crippen molar-refractivity contribution in [3.8, 4) is 5.75 Å². The number of ether oxygens (including phenoxy) is 1. The van der Waals surface area contributed by atoms with Crippen LogP contribution in [-0.2, 0) is 11.2 Å². The predicted octanol–water partition coefficient (Wildman–Crippen LogP) is 3.40. The summed E-state index contributed by atoms with van der Waals surface area (Å²) in [6, 6.07) is 5.20. The average molecular weight is 297 g/mol. The highest BCUT2D eigenvalue weighted by atomic mass is 35.5. The number of carbonyl (C=O) groups excluding carboxylic acids is 1.